The first-order chi connectivity index (χ1) is 16.4. The number of benzene rings is 2. The Labute approximate surface area is 198 Å². The fraction of sp³-hybridized carbons (Fsp3) is 0.385. The van der Waals surface area contributed by atoms with Crippen molar-refractivity contribution >= 4 is 29.4 Å². The number of carbonyl (C=O) groups is 4. The van der Waals surface area contributed by atoms with Crippen molar-refractivity contribution < 1.29 is 29.4 Å². The van der Waals surface area contributed by atoms with Gasteiger partial charge < -0.3 is 15.5 Å². The van der Waals surface area contributed by atoms with Gasteiger partial charge in [0.05, 0.1) is 22.4 Å². The van der Waals surface area contributed by atoms with Gasteiger partial charge in [-0.25, -0.2) is 4.79 Å². The van der Waals surface area contributed by atoms with E-state index in [1.165, 1.54) is 23.1 Å². The lowest BCUT2D eigenvalue weighted by Crippen LogP contribution is -2.30. The number of carboxylic acid groups (broad SMARTS) is 1. The Hall–Kier alpha value is -3.68. The summed E-state index contributed by atoms with van der Waals surface area (Å²) in [6.45, 7) is 0.451. The molecule has 0 saturated heterocycles. The minimum absolute atomic E-state index is 0.00294. The molecule has 8 nitrogen and oxygen atoms in total. The summed E-state index contributed by atoms with van der Waals surface area (Å²) >= 11 is 0. The molecule has 0 unspecified atom stereocenters. The van der Waals surface area contributed by atoms with Crippen molar-refractivity contribution in [2.45, 2.75) is 57.8 Å². The van der Waals surface area contributed by atoms with Gasteiger partial charge in [0, 0.05) is 13.0 Å². The third-order valence-corrected chi connectivity index (χ3v) is 5.93. The first-order valence-corrected chi connectivity index (χ1v) is 11.7. The van der Waals surface area contributed by atoms with Crippen molar-refractivity contribution in [2.75, 3.05) is 11.9 Å². The summed E-state index contributed by atoms with van der Waals surface area (Å²) in [5.74, 6) is -1.95. The zero-order valence-electron chi connectivity index (χ0n) is 19.1. The van der Waals surface area contributed by atoms with Crippen LogP contribution in [0.15, 0.2) is 42.5 Å². The van der Waals surface area contributed by atoms with Crippen LogP contribution in [0, 0.1) is 0 Å². The zero-order chi connectivity index (χ0) is 24.5. The predicted molar refractivity (Wildman–Crippen MR) is 127 cm³/mol. The van der Waals surface area contributed by atoms with Crippen LogP contribution in [0.25, 0.3) is 0 Å². The minimum atomic E-state index is -1.13. The van der Waals surface area contributed by atoms with Gasteiger partial charge in [0.15, 0.2) is 0 Å². The molecule has 1 aliphatic rings. The van der Waals surface area contributed by atoms with Crippen LogP contribution in [0.1, 0.15) is 88.9 Å². The van der Waals surface area contributed by atoms with Gasteiger partial charge in [0.2, 0.25) is 5.91 Å². The van der Waals surface area contributed by atoms with Crippen LogP contribution in [0.5, 0.6) is 5.75 Å². The first-order valence-electron chi connectivity index (χ1n) is 11.7. The molecule has 1 heterocycles. The molecule has 0 spiro atoms. The lowest BCUT2D eigenvalue weighted by Gasteiger charge is -2.13. The van der Waals surface area contributed by atoms with Crippen LogP contribution in [-0.4, -0.2) is 45.3 Å². The highest BCUT2D eigenvalue weighted by Gasteiger charge is 2.34. The molecule has 0 bridgehead atoms. The monoisotopic (exact) mass is 466 g/mol. The number of hydrogen-bond donors (Lipinski definition) is 3. The molecule has 3 rings (SSSR count). The van der Waals surface area contributed by atoms with Crippen LogP contribution in [0.4, 0.5) is 5.69 Å². The normalized spacial score (nSPS) is 12.6. The van der Waals surface area contributed by atoms with Crippen LogP contribution in [-0.2, 0) is 4.79 Å². The van der Waals surface area contributed by atoms with E-state index < -0.39 is 5.97 Å². The molecule has 0 atom stereocenters. The van der Waals surface area contributed by atoms with Crippen LogP contribution in [0.2, 0.25) is 0 Å². The maximum absolute atomic E-state index is 12.3. The summed E-state index contributed by atoms with van der Waals surface area (Å²) in [6.07, 6.45) is 7.82. The average Bonchev–Trinajstić information content (AvgIpc) is 3.06. The molecule has 0 saturated carbocycles. The van der Waals surface area contributed by atoms with Crippen molar-refractivity contribution in [3.8, 4) is 5.75 Å². The number of nitrogens with zero attached hydrogens (tertiary/aromatic N) is 1. The van der Waals surface area contributed by atoms with Gasteiger partial charge in [0.1, 0.15) is 5.75 Å². The number of anilines is 1. The van der Waals surface area contributed by atoms with Gasteiger partial charge in [-0.2, -0.15) is 0 Å². The highest BCUT2D eigenvalue weighted by molar-refractivity contribution is 6.21. The van der Waals surface area contributed by atoms with Crippen molar-refractivity contribution in [3.05, 3.63) is 59.2 Å². The number of carboxylic acids is 1. The van der Waals surface area contributed by atoms with E-state index >= 15 is 0 Å². The number of aromatic carboxylic acids is 1. The maximum atomic E-state index is 12.3. The van der Waals surface area contributed by atoms with Crippen LogP contribution < -0.4 is 5.32 Å². The number of imide groups is 1. The molecule has 3 amide bonds. The quantitative estimate of drug-likeness (QED) is 0.221. The third-order valence-electron chi connectivity index (χ3n) is 5.93. The van der Waals surface area contributed by atoms with E-state index in [2.05, 4.69) is 5.32 Å². The molecule has 3 N–H and O–H groups in total. The van der Waals surface area contributed by atoms with E-state index in [1.807, 2.05) is 0 Å². The molecule has 0 fully saturated rings. The number of nitrogens with one attached hydrogen (secondary N) is 1. The fourth-order valence-electron chi connectivity index (χ4n) is 4.04. The molecule has 0 radical (unpaired) electrons. The molecular weight excluding hydrogens is 436 g/mol. The Kier molecular flexibility index (Phi) is 8.79. The molecule has 2 aromatic rings. The summed E-state index contributed by atoms with van der Waals surface area (Å²) in [5.41, 5.74) is 1.08. The number of carbonyl (C=O) groups excluding carboxylic acids is 3. The van der Waals surface area contributed by atoms with Crippen molar-refractivity contribution in [3.63, 3.8) is 0 Å². The number of phenolic OH excluding ortho intramolecular Hbond substituents is 1. The highest BCUT2D eigenvalue weighted by Crippen LogP contribution is 2.25. The summed E-state index contributed by atoms with van der Waals surface area (Å²) in [4.78, 5) is 49.1. The van der Waals surface area contributed by atoms with E-state index in [4.69, 9.17) is 5.11 Å². The summed E-state index contributed by atoms with van der Waals surface area (Å²) in [5, 5.41) is 21.3. The molecular formula is C26H30N2O6. The van der Waals surface area contributed by atoms with Gasteiger partial charge in [-0.1, -0.05) is 50.7 Å². The zero-order valence-corrected chi connectivity index (χ0v) is 19.1. The van der Waals surface area contributed by atoms with E-state index in [9.17, 15) is 24.3 Å². The summed E-state index contributed by atoms with van der Waals surface area (Å²) < 4.78 is 0. The Morgan fingerprint density at radius 1 is 0.794 bits per heavy atom. The van der Waals surface area contributed by atoms with Crippen LogP contribution >= 0.6 is 0 Å². The number of unbranched alkanes of at least 4 members (excludes halogenated alkanes) is 7. The lowest BCUT2D eigenvalue weighted by molar-refractivity contribution is -0.116. The summed E-state index contributed by atoms with van der Waals surface area (Å²) in [7, 11) is 0. The number of amides is 3. The first kappa shape index (κ1) is 25.0. The lowest BCUT2D eigenvalue weighted by atomic mass is 10.1. The highest BCUT2D eigenvalue weighted by atomic mass is 16.4. The predicted octanol–water partition coefficient (Wildman–Crippen LogP) is 4.84. The summed E-state index contributed by atoms with van der Waals surface area (Å²) in [6, 6.07) is 10.7. The van der Waals surface area contributed by atoms with Gasteiger partial charge in [-0.3, -0.25) is 19.3 Å². The van der Waals surface area contributed by atoms with E-state index in [0.29, 0.717) is 30.5 Å². The Balaban J connectivity index is 1.22. The smallest absolute Gasteiger partial charge is 0.335 e. The SMILES string of the molecule is O=C(CCCCCCCCCCN1C(=O)c2ccccc2C1=O)Nc1cc(C(=O)O)ccc1O. The Morgan fingerprint density at radius 2 is 1.35 bits per heavy atom. The van der Waals surface area contributed by atoms with Crippen LogP contribution in [0.3, 0.4) is 0 Å². The molecule has 34 heavy (non-hydrogen) atoms. The molecule has 2 aromatic carbocycles. The van der Waals surface area contributed by atoms with Gasteiger partial charge in [0.25, 0.3) is 11.8 Å². The van der Waals surface area contributed by atoms with E-state index in [0.717, 1.165) is 44.9 Å². The van der Waals surface area contributed by atoms with Gasteiger partial charge >= 0.3 is 5.97 Å². The molecule has 180 valence electrons. The molecule has 0 aromatic heterocycles. The minimum Gasteiger partial charge on any atom is -0.506 e. The van der Waals surface area contributed by atoms with Gasteiger partial charge in [-0.15, -0.1) is 0 Å². The standard InChI is InChI=1S/C26H30N2O6/c29-22-15-14-18(26(33)34)17-21(22)27-23(30)13-7-5-3-1-2-4-6-10-16-28-24(31)19-11-8-9-12-20(19)25(28)32/h8-9,11-12,14-15,17,29H,1-7,10,13,16H2,(H,27,30)(H,33,34). The number of hydrogen-bond acceptors (Lipinski definition) is 5. The maximum Gasteiger partial charge on any atom is 0.335 e. The van der Waals surface area contributed by atoms with E-state index in [-0.39, 0.29) is 34.7 Å². The second-order valence-electron chi connectivity index (χ2n) is 8.47. The largest absolute Gasteiger partial charge is 0.506 e. The second kappa shape index (κ2) is 12.0. The number of rotatable bonds is 13. The Morgan fingerprint density at radius 3 is 1.94 bits per heavy atom. The second-order valence-corrected chi connectivity index (χ2v) is 8.47. The Bertz CT molecular complexity index is 1030. The number of fused-ring (bicyclic) bond motifs is 1. The average molecular weight is 467 g/mol. The van der Waals surface area contributed by atoms with Gasteiger partial charge in [-0.05, 0) is 43.2 Å². The van der Waals surface area contributed by atoms with Crippen molar-refractivity contribution in [2.24, 2.45) is 0 Å². The van der Waals surface area contributed by atoms with E-state index in [1.54, 1.807) is 24.3 Å². The molecule has 1 aliphatic heterocycles. The molecule has 0 aliphatic carbocycles. The number of phenols is 1. The third kappa shape index (κ3) is 6.43. The van der Waals surface area contributed by atoms with Crippen molar-refractivity contribution in [1.82, 2.24) is 4.90 Å². The topological polar surface area (TPSA) is 124 Å². The number of aromatic hydroxyl groups is 1. The van der Waals surface area contributed by atoms with Crippen molar-refractivity contribution in [1.29, 1.82) is 0 Å². The molecule has 8 heteroatoms. The fourth-order valence-corrected chi connectivity index (χ4v) is 4.04.